The second kappa shape index (κ2) is 3.47. The Kier molecular flexibility index (Phi) is 2.77. The maximum Gasteiger partial charge on any atom is 0.304 e. The molecule has 1 fully saturated rings. The first-order chi connectivity index (χ1) is 6.72. The smallest absolute Gasteiger partial charge is 0.304 e. The van der Waals surface area contributed by atoms with Crippen LogP contribution in [0.5, 0.6) is 0 Å². The van der Waals surface area contributed by atoms with Crippen LogP contribution in [0.2, 0.25) is 0 Å². The lowest BCUT2D eigenvalue weighted by molar-refractivity contribution is -0.145. The summed E-state index contributed by atoms with van der Waals surface area (Å²) in [7, 11) is 0. The van der Waals surface area contributed by atoms with Gasteiger partial charge in [0.25, 0.3) is 0 Å². The van der Waals surface area contributed by atoms with E-state index in [-0.39, 0.29) is 12.2 Å². The van der Waals surface area contributed by atoms with Crippen molar-refractivity contribution in [1.82, 2.24) is 0 Å². The molecule has 15 heavy (non-hydrogen) atoms. The van der Waals surface area contributed by atoms with E-state index in [1.165, 1.54) is 0 Å². The van der Waals surface area contributed by atoms with E-state index >= 15 is 0 Å². The number of Topliss-reactive ketones (excluding diaryl/α,β-unsaturated/α-hetero) is 1. The Bertz CT molecular complexity index is 328. The highest BCUT2D eigenvalue weighted by Crippen LogP contribution is 2.52. The SMILES string of the molecule is C=C1CCC(=O)C(C)(C)[C@@]1(C)CC(=O)O. The molecule has 0 bridgehead atoms. The molecule has 0 radical (unpaired) electrons. The third-order valence-electron chi connectivity index (χ3n) is 4.02. The fourth-order valence-corrected chi connectivity index (χ4v) is 2.25. The predicted octanol–water partition coefficient (Wildman–Crippen LogP) is 2.41. The molecule has 0 aliphatic heterocycles. The summed E-state index contributed by atoms with van der Waals surface area (Å²) >= 11 is 0. The molecule has 0 spiro atoms. The molecule has 0 aromatic carbocycles. The lowest BCUT2D eigenvalue weighted by Crippen LogP contribution is -2.47. The summed E-state index contributed by atoms with van der Waals surface area (Å²) < 4.78 is 0. The van der Waals surface area contributed by atoms with Crippen LogP contribution in [0.1, 0.15) is 40.0 Å². The number of carbonyl (C=O) groups is 2. The van der Waals surface area contributed by atoms with E-state index in [1.807, 2.05) is 20.8 Å². The van der Waals surface area contributed by atoms with Crippen molar-refractivity contribution < 1.29 is 14.7 Å². The second-order valence-corrected chi connectivity index (χ2v) is 5.05. The lowest BCUT2D eigenvalue weighted by Gasteiger charge is -2.47. The van der Waals surface area contributed by atoms with E-state index in [0.29, 0.717) is 12.8 Å². The third-order valence-corrected chi connectivity index (χ3v) is 4.02. The molecule has 1 saturated carbocycles. The van der Waals surface area contributed by atoms with Gasteiger partial charge in [-0.1, -0.05) is 32.9 Å². The van der Waals surface area contributed by atoms with Gasteiger partial charge in [0.15, 0.2) is 0 Å². The number of carboxylic acid groups (broad SMARTS) is 1. The second-order valence-electron chi connectivity index (χ2n) is 5.05. The fraction of sp³-hybridized carbons (Fsp3) is 0.667. The molecule has 1 rings (SSSR count). The van der Waals surface area contributed by atoms with Crippen LogP contribution in [0.3, 0.4) is 0 Å². The first kappa shape index (κ1) is 12.0. The van der Waals surface area contributed by atoms with Gasteiger partial charge >= 0.3 is 5.97 Å². The highest BCUT2D eigenvalue weighted by atomic mass is 16.4. The summed E-state index contributed by atoms with van der Waals surface area (Å²) in [4.78, 5) is 22.7. The Morgan fingerprint density at radius 3 is 2.40 bits per heavy atom. The molecule has 0 saturated heterocycles. The highest BCUT2D eigenvalue weighted by Gasteiger charge is 2.51. The van der Waals surface area contributed by atoms with Gasteiger partial charge in [0.1, 0.15) is 5.78 Å². The molecule has 1 atom stereocenters. The van der Waals surface area contributed by atoms with Crippen molar-refractivity contribution in [3.8, 4) is 0 Å². The van der Waals surface area contributed by atoms with Gasteiger partial charge in [-0.3, -0.25) is 9.59 Å². The zero-order chi connectivity index (χ0) is 11.9. The van der Waals surface area contributed by atoms with E-state index in [9.17, 15) is 9.59 Å². The molecular weight excluding hydrogens is 192 g/mol. The number of carbonyl (C=O) groups excluding carboxylic acids is 1. The molecule has 1 aliphatic rings. The standard InChI is InChI=1S/C12H18O3/c1-8-5-6-9(13)11(2,3)12(8,4)7-10(14)15/h1,5-7H2,2-4H3,(H,14,15)/t12-/m0/s1. The molecule has 0 amide bonds. The van der Waals surface area contributed by atoms with Crippen LogP contribution in [0, 0.1) is 10.8 Å². The largest absolute Gasteiger partial charge is 0.481 e. The van der Waals surface area contributed by atoms with Gasteiger partial charge in [0, 0.05) is 17.3 Å². The van der Waals surface area contributed by atoms with E-state index < -0.39 is 16.8 Å². The zero-order valence-corrected chi connectivity index (χ0v) is 9.59. The van der Waals surface area contributed by atoms with Gasteiger partial charge in [-0.2, -0.15) is 0 Å². The number of hydrogen-bond acceptors (Lipinski definition) is 2. The first-order valence-corrected chi connectivity index (χ1v) is 5.15. The van der Waals surface area contributed by atoms with Gasteiger partial charge < -0.3 is 5.11 Å². The lowest BCUT2D eigenvalue weighted by atomic mass is 9.55. The maximum atomic E-state index is 11.8. The fourth-order valence-electron chi connectivity index (χ4n) is 2.25. The Morgan fingerprint density at radius 2 is 1.93 bits per heavy atom. The van der Waals surface area contributed by atoms with Crippen LogP contribution in [-0.2, 0) is 9.59 Å². The maximum absolute atomic E-state index is 11.8. The molecule has 3 nitrogen and oxygen atoms in total. The number of rotatable bonds is 2. The van der Waals surface area contributed by atoms with Crippen molar-refractivity contribution in [2.24, 2.45) is 10.8 Å². The van der Waals surface area contributed by atoms with Crippen molar-refractivity contribution in [2.45, 2.75) is 40.0 Å². The Labute approximate surface area is 90.2 Å². The van der Waals surface area contributed by atoms with Gasteiger partial charge in [0.05, 0.1) is 6.42 Å². The van der Waals surface area contributed by atoms with Crippen LogP contribution in [0.15, 0.2) is 12.2 Å². The van der Waals surface area contributed by atoms with Gasteiger partial charge in [-0.05, 0) is 6.42 Å². The minimum absolute atomic E-state index is 0.0232. The number of aliphatic carboxylic acids is 1. The van der Waals surface area contributed by atoms with Crippen molar-refractivity contribution in [2.75, 3.05) is 0 Å². The van der Waals surface area contributed by atoms with Crippen molar-refractivity contribution >= 4 is 11.8 Å². The summed E-state index contributed by atoms with van der Waals surface area (Å²) in [6.45, 7) is 9.41. The molecule has 3 heteroatoms. The molecular formula is C12H18O3. The predicted molar refractivity (Wildman–Crippen MR) is 57.5 cm³/mol. The number of allylic oxidation sites excluding steroid dienone is 1. The summed E-state index contributed by atoms with van der Waals surface area (Å²) in [6.07, 6.45) is 1.08. The number of hydrogen-bond donors (Lipinski definition) is 1. The molecule has 1 aliphatic carbocycles. The van der Waals surface area contributed by atoms with Gasteiger partial charge in [-0.25, -0.2) is 0 Å². The molecule has 1 N–H and O–H groups in total. The molecule has 0 unspecified atom stereocenters. The molecule has 0 heterocycles. The monoisotopic (exact) mass is 210 g/mol. The van der Waals surface area contributed by atoms with Crippen LogP contribution < -0.4 is 0 Å². The summed E-state index contributed by atoms with van der Waals surface area (Å²) in [5, 5.41) is 8.91. The minimum atomic E-state index is -0.874. The van der Waals surface area contributed by atoms with E-state index in [1.54, 1.807) is 0 Å². The Hall–Kier alpha value is -1.12. The Morgan fingerprint density at radius 1 is 1.40 bits per heavy atom. The first-order valence-electron chi connectivity index (χ1n) is 5.15. The van der Waals surface area contributed by atoms with Crippen molar-refractivity contribution in [3.05, 3.63) is 12.2 Å². The average Bonchev–Trinajstić information content (AvgIpc) is 2.09. The van der Waals surface area contributed by atoms with Crippen LogP contribution in [0.4, 0.5) is 0 Å². The van der Waals surface area contributed by atoms with E-state index in [2.05, 4.69) is 6.58 Å². The molecule has 0 aromatic heterocycles. The minimum Gasteiger partial charge on any atom is -0.481 e. The number of ketones is 1. The number of carboxylic acids is 1. The average molecular weight is 210 g/mol. The van der Waals surface area contributed by atoms with Crippen molar-refractivity contribution in [3.63, 3.8) is 0 Å². The summed E-state index contributed by atoms with van der Waals surface area (Å²) in [6, 6.07) is 0. The van der Waals surface area contributed by atoms with E-state index in [4.69, 9.17) is 5.11 Å². The van der Waals surface area contributed by atoms with Crippen LogP contribution >= 0.6 is 0 Å². The third kappa shape index (κ3) is 1.71. The topological polar surface area (TPSA) is 54.4 Å². The summed E-state index contributed by atoms with van der Waals surface area (Å²) in [5.41, 5.74) is -0.357. The van der Waals surface area contributed by atoms with Crippen LogP contribution in [0.25, 0.3) is 0 Å². The van der Waals surface area contributed by atoms with E-state index in [0.717, 1.165) is 5.57 Å². The van der Waals surface area contributed by atoms with Gasteiger partial charge in [-0.15, -0.1) is 0 Å². The van der Waals surface area contributed by atoms with Gasteiger partial charge in [0.2, 0.25) is 0 Å². The van der Waals surface area contributed by atoms with Crippen molar-refractivity contribution in [1.29, 1.82) is 0 Å². The Balaban J connectivity index is 3.14. The molecule has 0 aromatic rings. The summed E-state index contributed by atoms with van der Waals surface area (Å²) in [5.74, 6) is -0.736. The molecule has 84 valence electrons. The normalized spacial score (nSPS) is 30.3. The quantitative estimate of drug-likeness (QED) is 0.712. The highest BCUT2D eigenvalue weighted by molar-refractivity contribution is 5.88. The van der Waals surface area contributed by atoms with Crippen LogP contribution in [-0.4, -0.2) is 16.9 Å². The zero-order valence-electron chi connectivity index (χ0n) is 9.59.